The smallest absolute Gasteiger partial charge is 0.387 e. The second-order valence-corrected chi connectivity index (χ2v) is 7.03. The lowest BCUT2D eigenvalue weighted by Crippen LogP contribution is -2.51. The van der Waals surface area contributed by atoms with Crippen molar-refractivity contribution in [2.75, 3.05) is 13.1 Å². The van der Waals surface area contributed by atoms with Crippen molar-refractivity contribution >= 4 is 17.8 Å². The van der Waals surface area contributed by atoms with E-state index in [4.69, 9.17) is 0 Å². The lowest BCUT2D eigenvalue weighted by Gasteiger charge is -2.33. The Labute approximate surface area is 161 Å². The molecule has 7 nitrogen and oxygen atoms in total. The van der Waals surface area contributed by atoms with Crippen molar-refractivity contribution in [1.29, 1.82) is 0 Å². The molecule has 0 radical (unpaired) electrons. The number of alkyl halides is 2. The molecule has 2 unspecified atom stereocenters. The molecule has 1 aliphatic heterocycles. The van der Waals surface area contributed by atoms with Crippen molar-refractivity contribution in [3.63, 3.8) is 0 Å². The third kappa shape index (κ3) is 5.40. The maximum atomic E-state index is 12.8. The molecule has 2 rings (SSSR count). The van der Waals surface area contributed by atoms with Crippen molar-refractivity contribution in [1.82, 2.24) is 10.2 Å². The van der Waals surface area contributed by atoms with E-state index in [1.165, 1.54) is 23.1 Å². The number of hydrogen-bond acceptors (Lipinski definition) is 4. The molecular weight excluding hydrogens is 374 g/mol. The zero-order valence-electron chi connectivity index (χ0n) is 15.7. The summed E-state index contributed by atoms with van der Waals surface area (Å²) in [5, 5.41) is 11.7. The number of likely N-dealkylation sites (tertiary alicyclic amines) is 1. The fraction of sp³-hybridized carbons (Fsp3) is 0.526. The van der Waals surface area contributed by atoms with Gasteiger partial charge < -0.3 is 20.1 Å². The van der Waals surface area contributed by atoms with Gasteiger partial charge in [0.15, 0.2) is 0 Å². The van der Waals surface area contributed by atoms with Crippen LogP contribution in [-0.2, 0) is 9.59 Å². The number of ether oxygens (including phenoxy) is 1. The van der Waals surface area contributed by atoms with E-state index in [-0.39, 0.29) is 23.8 Å². The normalized spacial score (nSPS) is 18.1. The number of amides is 2. The third-order valence-electron chi connectivity index (χ3n) is 4.64. The summed E-state index contributed by atoms with van der Waals surface area (Å²) in [5.74, 6) is -3.14. The first-order chi connectivity index (χ1) is 13.2. The molecule has 1 saturated heterocycles. The van der Waals surface area contributed by atoms with Crippen molar-refractivity contribution in [3.8, 4) is 5.75 Å². The van der Waals surface area contributed by atoms with Crippen LogP contribution in [0.1, 0.15) is 37.0 Å². The largest absolute Gasteiger partial charge is 0.480 e. The molecule has 2 amide bonds. The first kappa shape index (κ1) is 21.6. The molecular formula is C19H24F2N2O5. The van der Waals surface area contributed by atoms with Crippen LogP contribution in [0.2, 0.25) is 0 Å². The van der Waals surface area contributed by atoms with Crippen LogP contribution in [0.4, 0.5) is 8.78 Å². The number of benzene rings is 1. The van der Waals surface area contributed by atoms with E-state index in [9.17, 15) is 28.3 Å². The number of hydrogen-bond donors (Lipinski definition) is 2. The fourth-order valence-corrected chi connectivity index (χ4v) is 3.17. The van der Waals surface area contributed by atoms with Crippen LogP contribution in [0, 0.1) is 11.8 Å². The highest BCUT2D eigenvalue weighted by atomic mass is 19.3. The van der Waals surface area contributed by atoms with Crippen LogP contribution in [0.3, 0.4) is 0 Å². The highest BCUT2D eigenvalue weighted by Crippen LogP contribution is 2.25. The van der Waals surface area contributed by atoms with E-state index >= 15 is 0 Å². The van der Waals surface area contributed by atoms with E-state index in [1.807, 2.05) is 0 Å². The molecule has 1 heterocycles. The van der Waals surface area contributed by atoms with Gasteiger partial charge in [0.2, 0.25) is 5.91 Å². The molecule has 0 aromatic heterocycles. The number of carboxylic acid groups (broad SMARTS) is 1. The molecule has 0 saturated carbocycles. The second-order valence-electron chi connectivity index (χ2n) is 7.03. The van der Waals surface area contributed by atoms with Crippen LogP contribution in [0.5, 0.6) is 5.75 Å². The molecule has 2 N–H and O–H groups in total. The Kier molecular flexibility index (Phi) is 7.31. The second kappa shape index (κ2) is 9.48. The maximum Gasteiger partial charge on any atom is 0.387 e. The van der Waals surface area contributed by atoms with E-state index in [0.29, 0.717) is 19.4 Å². The van der Waals surface area contributed by atoms with Gasteiger partial charge in [-0.1, -0.05) is 26.0 Å². The van der Waals surface area contributed by atoms with E-state index in [2.05, 4.69) is 10.1 Å². The van der Waals surface area contributed by atoms with Crippen molar-refractivity contribution < 1.29 is 33.0 Å². The number of rotatable bonds is 7. The predicted octanol–water partition coefficient (Wildman–Crippen LogP) is 2.37. The minimum Gasteiger partial charge on any atom is -0.480 e. The molecule has 1 aromatic carbocycles. The van der Waals surface area contributed by atoms with Gasteiger partial charge in [0.05, 0.1) is 11.5 Å². The van der Waals surface area contributed by atoms with Crippen LogP contribution in [0.25, 0.3) is 0 Å². The number of halogens is 2. The van der Waals surface area contributed by atoms with E-state index in [1.54, 1.807) is 19.9 Å². The predicted molar refractivity (Wildman–Crippen MR) is 96.1 cm³/mol. The number of piperidine rings is 1. The van der Waals surface area contributed by atoms with Crippen molar-refractivity contribution in [2.45, 2.75) is 39.3 Å². The zero-order chi connectivity index (χ0) is 20.8. The molecule has 0 aliphatic carbocycles. The molecule has 28 heavy (non-hydrogen) atoms. The number of carbonyl (C=O) groups excluding carboxylic acids is 2. The van der Waals surface area contributed by atoms with Crippen LogP contribution < -0.4 is 10.1 Å². The van der Waals surface area contributed by atoms with Gasteiger partial charge in [-0.2, -0.15) is 8.78 Å². The number of carbonyl (C=O) groups is 3. The molecule has 1 fully saturated rings. The molecule has 1 aromatic rings. The monoisotopic (exact) mass is 398 g/mol. The van der Waals surface area contributed by atoms with Crippen LogP contribution in [0.15, 0.2) is 24.3 Å². The number of nitrogens with one attached hydrogen (secondary N) is 1. The van der Waals surface area contributed by atoms with Gasteiger partial charge in [-0.05, 0) is 30.9 Å². The number of nitrogens with zero attached hydrogens (tertiary/aromatic N) is 1. The number of aliphatic carboxylic acids is 1. The standard InChI is InChI=1S/C19H24F2N2O5/c1-11(2)15(18(26)27)22-16(24)12-6-5-9-23(10-12)17(25)13-7-3-4-8-14(13)28-19(20)21/h3-4,7-8,11-12,15,19H,5-6,9-10H2,1-2H3,(H,22,24)(H,26,27). The summed E-state index contributed by atoms with van der Waals surface area (Å²) < 4.78 is 29.6. The summed E-state index contributed by atoms with van der Waals surface area (Å²) in [4.78, 5) is 38.0. The third-order valence-corrected chi connectivity index (χ3v) is 4.64. The molecule has 1 aliphatic rings. The number of para-hydroxylation sites is 1. The lowest BCUT2D eigenvalue weighted by atomic mass is 9.95. The molecule has 2 atom stereocenters. The van der Waals surface area contributed by atoms with Gasteiger partial charge in [0, 0.05) is 13.1 Å². The highest BCUT2D eigenvalue weighted by molar-refractivity contribution is 5.97. The van der Waals surface area contributed by atoms with Gasteiger partial charge in [-0.3, -0.25) is 9.59 Å². The fourth-order valence-electron chi connectivity index (χ4n) is 3.17. The molecule has 0 bridgehead atoms. The van der Waals surface area contributed by atoms with Crippen LogP contribution in [-0.4, -0.2) is 53.5 Å². The minimum absolute atomic E-state index is 0.00514. The first-order valence-corrected chi connectivity index (χ1v) is 9.07. The zero-order valence-corrected chi connectivity index (χ0v) is 15.7. The van der Waals surface area contributed by atoms with Gasteiger partial charge in [0.1, 0.15) is 11.8 Å². The average Bonchev–Trinajstić information content (AvgIpc) is 2.65. The number of carboxylic acids is 1. The van der Waals surface area contributed by atoms with Gasteiger partial charge in [-0.25, -0.2) is 4.79 Å². The molecule has 154 valence electrons. The van der Waals surface area contributed by atoms with Crippen molar-refractivity contribution in [3.05, 3.63) is 29.8 Å². The Morgan fingerprint density at radius 2 is 1.93 bits per heavy atom. The van der Waals surface area contributed by atoms with Crippen LogP contribution >= 0.6 is 0 Å². The minimum atomic E-state index is -3.06. The SMILES string of the molecule is CC(C)C(NC(=O)C1CCCN(C(=O)c2ccccc2OC(F)F)C1)C(=O)O. The summed E-state index contributed by atoms with van der Waals surface area (Å²) in [6.07, 6.45) is 1.05. The summed E-state index contributed by atoms with van der Waals surface area (Å²) in [7, 11) is 0. The molecule has 9 heteroatoms. The average molecular weight is 398 g/mol. The van der Waals surface area contributed by atoms with E-state index < -0.39 is 36.4 Å². The Hall–Kier alpha value is -2.71. The Morgan fingerprint density at radius 3 is 2.54 bits per heavy atom. The Balaban J connectivity index is 2.10. The van der Waals surface area contributed by atoms with Gasteiger partial charge in [-0.15, -0.1) is 0 Å². The summed E-state index contributed by atoms with van der Waals surface area (Å²) >= 11 is 0. The maximum absolute atomic E-state index is 12.8. The highest BCUT2D eigenvalue weighted by Gasteiger charge is 2.33. The molecule has 0 spiro atoms. The summed E-state index contributed by atoms with van der Waals surface area (Å²) in [6.45, 7) is 0.777. The topological polar surface area (TPSA) is 95.9 Å². The Bertz CT molecular complexity index is 726. The van der Waals surface area contributed by atoms with Crippen molar-refractivity contribution in [2.24, 2.45) is 11.8 Å². The lowest BCUT2D eigenvalue weighted by molar-refractivity contribution is -0.144. The summed E-state index contributed by atoms with van der Waals surface area (Å²) in [6, 6.07) is 4.69. The Morgan fingerprint density at radius 1 is 1.25 bits per heavy atom. The van der Waals surface area contributed by atoms with Gasteiger partial charge >= 0.3 is 12.6 Å². The first-order valence-electron chi connectivity index (χ1n) is 9.07. The van der Waals surface area contributed by atoms with Gasteiger partial charge in [0.25, 0.3) is 5.91 Å². The quantitative estimate of drug-likeness (QED) is 0.735. The van der Waals surface area contributed by atoms with E-state index in [0.717, 1.165) is 0 Å². The summed E-state index contributed by atoms with van der Waals surface area (Å²) in [5.41, 5.74) is -0.00514.